The first kappa shape index (κ1) is 12.9. The van der Waals surface area contributed by atoms with Crippen molar-refractivity contribution in [2.45, 2.75) is 12.7 Å². The number of aromatic amines is 1. The summed E-state index contributed by atoms with van der Waals surface area (Å²) in [4.78, 5) is 17.7. The van der Waals surface area contributed by atoms with Crippen LogP contribution in [0.2, 0.25) is 0 Å². The highest BCUT2D eigenvalue weighted by Gasteiger charge is 2.19. The van der Waals surface area contributed by atoms with Gasteiger partial charge in [0.1, 0.15) is 10.3 Å². The Morgan fingerprint density at radius 2 is 2.06 bits per heavy atom. The Hall–Kier alpha value is -1.57. The number of alkyl halides is 3. The second kappa shape index (κ2) is 4.97. The maximum atomic E-state index is 12.8. The molecule has 0 fully saturated rings. The number of rotatable bonds is 3. The Bertz CT molecular complexity index is 631. The van der Waals surface area contributed by atoms with Gasteiger partial charge in [0.25, 0.3) is 12.0 Å². The smallest absolute Gasteiger partial charge is 0.287 e. The molecule has 2 rings (SSSR count). The molecule has 0 aliphatic carbocycles. The highest BCUT2D eigenvalue weighted by molar-refractivity contribution is 9.10. The molecule has 0 aliphatic heterocycles. The van der Waals surface area contributed by atoms with E-state index in [2.05, 4.69) is 25.9 Å². The van der Waals surface area contributed by atoms with Crippen molar-refractivity contribution < 1.29 is 13.2 Å². The van der Waals surface area contributed by atoms with Crippen LogP contribution in [0.1, 0.15) is 0 Å². The van der Waals surface area contributed by atoms with Gasteiger partial charge in [-0.3, -0.25) is 4.79 Å². The zero-order valence-electron chi connectivity index (χ0n) is 8.75. The van der Waals surface area contributed by atoms with E-state index in [9.17, 15) is 18.0 Å². The maximum absolute atomic E-state index is 12.8. The van der Waals surface area contributed by atoms with E-state index in [-0.39, 0.29) is 15.8 Å². The second-order valence-electron chi connectivity index (χ2n) is 3.45. The molecule has 0 aliphatic rings. The van der Waals surface area contributed by atoms with Gasteiger partial charge in [-0.25, -0.2) is 18.2 Å². The lowest BCUT2D eigenvalue weighted by Crippen LogP contribution is -2.22. The molecular weight excluding hydrogens is 315 g/mol. The topological polar surface area (TPSA) is 57.8 Å². The summed E-state index contributed by atoms with van der Waals surface area (Å²) in [5.41, 5.74) is -0.136. The average Bonchev–Trinajstić information content (AvgIpc) is 2.34. The molecule has 0 aromatic carbocycles. The van der Waals surface area contributed by atoms with Crippen molar-refractivity contribution in [3.63, 3.8) is 0 Å². The van der Waals surface area contributed by atoms with Gasteiger partial charge in [-0.15, -0.1) is 0 Å². The van der Waals surface area contributed by atoms with Gasteiger partial charge < -0.3 is 10.3 Å². The SMILES string of the molecule is O=c1[nH]cc2ccc(NC(F)C(F)F)nc2c1Br. The molecule has 8 heteroatoms. The van der Waals surface area contributed by atoms with Gasteiger partial charge in [0.15, 0.2) is 0 Å². The minimum Gasteiger partial charge on any atom is -0.336 e. The summed E-state index contributed by atoms with van der Waals surface area (Å²) in [5, 5.41) is 2.52. The van der Waals surface area contributed by atoms with E-state index in [4.69, 9.17) is 0 Å². The van der Waals surface area contributed by atoms with E-state index < -0.39 is 18.3 Å². The van der Waals surface area contributed by atoms with Gasteiger partial charge in [0.05, 0.1) is 5.52 Å². The van der Waals surface area contributed by atoms with Gasteiger partial charge in [0, 0.05) is 11.6 Å². The fourth-order valence-corrected chi connectivity index (χ4v) is 1.79. The minimum absolute atomic E-state index is 0.0680. The van der Waals surface area contributed by atoms with Crippen molar-refractivity contribution in [1.29, 1.82) is 0 Å². The van der Waals surface area contributed by atoms with Crippen molar-refractivity contribution in [1.82, 2.24) is 9.97 Å². The molecule has 4 nitrogen and oxygen atoms in total. The van der Waals surface area contributed by atoms with Crippen LogP contribution in [0.3, 0.4) is 0 Å². The number of halogens is 4. The Morgan fingerprint density at radius 3 is 2.72 bits per heavy atom. The first-order valence-corrected chi connectivity index (χ1v) is 5.65. The predicted molar refractivity (Wildman–Crippen MR) is 64.6 cm³/mol. The summed E-state index contributed by atoms with van der Waals surface area (Å²) in [6, 6.07) is 2.88. The quantitative estimate of drug-likeness (QED) is 0.854. The largest absolute Gasteiger partial charge is 0.336 e. The Kier molecular flexibility index (Phi) is 3.55. The van der Waals surface area contributed by atoms with Gasteiger partial charge in [-0.1, -0.05) is 0 Å². The highest BCUT2D eigenvalue weighted by atomic mass is 79.9. The molecule has 0 bridgehead atoms. The number of nitrogens with zero attached hydrogens (tertiary/aromatic N) is 1. The Balaban J connectivity index is 2.43. The first-order chi connectivity index (χ1) is 8.49. The highest BCUT2D eigenvalue weighted by Crippen LogP contribution is 2.20. The zero-order valence-corrected chi connectivity index (χ0v) is 10.3. The zero-order chi connectivity index (χ0) is 13.3. The number of anilines is 1. The summed E-state index contributed by atoms with van der Waals surface area (Å²) in [6.07, 6.45) is -4.22. The lowest BCUT2D eigenvalue weighted by Gasteiger charge is -2.10. The third-order valence-electron chi connectivity index (χ3n) is 2.20. The molecule has 0 spiro atoms. The number of aromatic nitrogens is 2. The number of hydrogen-bond donors (Lipinski definition) is 2. The van der Waals surface area contributed by atoms with Crippen LogP contribution < -0.4 is 10.9 Å². The van der Waals surface area contributed by atoms with Gasteiger partial charge >= 0.3 is 0 Å². The summed E-state index contributed by atoms with van der Waals surface area (Å²) >= 11 is 3.03. The van der Waals surface area contributed by atoms with Crippen molar-refractivity contribution in [2.75, 3.05) is 5.32 Å². The fourth-order valence-electron chi connectivity index (χ4n) is 1.36. The van der Waals surface area contributed by atoms with Crippen LogP contribution in [0.25, 0.3) is 10.9 Å². The van der Waals surface area contributed by atoms with E-state index in [1.54, 1.807) is 0 Å². The van der Waals surface area contributed by atoms with E-state index in [0.717, 1.165) is 0 Å². The van der Waals surface area contributed by atoms with Crippen LogP contribution in [-0.2, 0) is 0 Å². The van der Waals surface area contributed by atoms with Crippen LogP contribution >= 0.6 is 15.9 Å². The lowest BCUT2D eigenvalue weighted by atomic mass is 10.2. The molecule has 96 valence electrons. The van der Waals surface area contributed by atoms with Crippen molar-refractivity contribution in [3.8, 4) is 0 Å². The fraction of sp³-hybridized carbons (Fsp3) is 0.200. The minimum atomic E-state index is -3.15. The molecule has 0 amide bonds. The standard InChI is InChI=1S/C10H7BrF3N3O/c11-6-7-4(3-15-10(6)18)1-2-5(16-7)17-9(14)8(12)13/h1-3,8-9H,(H,15,18)(H,16,17). The predicted octanol–water partition coefficient (Wildman–Crippen LogP) is 2.66. The summed E-state index contributed by atoms with van der Waals surface area (Å²) < 4.78 is 37.1. The molecule has 2 N–H and O–H groups in total. The number of hydrogen-bond acceptors (Lipinski definition) is 3. The van der Waals surface area contributed by atoms with Crippen LogP contribution in [0.4, 0.5) is 19.0 Å². The van der Waals surface area contributed by atoms with Crippen LogP contribution in [0.15, 0.2) is 27.6 Å². The Labute approximate surface area is 107 Å². The van der Waals surface area contributed by atoms with Crippen LogP contribution in [0, 0.1) is 0 Å². The molecule has 0 saturated heterocycles. The molecular formula is C10H7BrF3N3O. The lowest BCUT2D eigenvalue weighted by molar-refractivity contribution is 0.0649. The first-order valence-electron chi connectivity index (χ1n) is 4.86. The van der Waals surface area contributed by atoms with Crippen LogP contribution in [-0.4, -0.2) is 22.7 Å². The van der Waals surface area contributed by atoms with E-state index in [0.29, 0.717) is 5.39 Å². The Morgan fingerprint density at radius 1 is 1.33 bits per heavy atom. The van der Waals surface area contributed by atoms with Gasteiger partial charge in [-0.05, 0) is 28.1 Å². The number of fused-ring (bicyclic) bond motifs is 1. The number of H-pyrrole nitrogens is 1. The second-order valence-corrected chi connectivity index (χ2v) is 4.24. The van der Waals surface area contributed by atoms with E-state index in [1.807, 2.05) is 5.32 Å². The van der Waals surface area contributed by atoms with Gasteiger partial charge in [-0.2, -0.15) is 0 Å². The molecule has 0 radical (unpaired) electrons. The molecule has 0 saturated carbocycles. The molecule has 1 unspecified atom stereocenters. The maximum Gasteiger partial charge on any atom is 0.287 e. The van der Waals surface area contributed by atoms with E-state index in [1.165, 1.54) is 18.3 Å². The van der Waals surface area contributed by atoms with Crippen LogP contribution in [0.5, 0.6) is 0 Å². The van der Waals surface area contributed by atoms with Crippen molar-refractivity contribution >= 4 is 32.7 Å². The van der Waals surface area contributed by atoms with Crippen molar-refractivity contribution in [2.24, 2.45) is 0 Å². The molecule has 2 aromatic rings. The molecule has 2 aromatic heterocycles. The van der Waals surface area contributed by atoms with Gasteiger partial charge in [0.2, 0.25) is 6.30 Å². The summed E-state index contributed by atoms with van der Waals surface area (Å²) in [5.74, 6) is -0.0680. The van der Waals surface area contributed by atoms with E-state index >= 15 is 0 Å². The number of pyridine rings is 2. The third-order valence-corrected chi connectivity index (χ3v) is 2.94. The molecule has 2 heterocycles. The number of nitrogens with one attached hydrogen (secondary N) is 2. The third kappa shape index (κ3) is 2.47. The molecule has 18 heavy (non-hydrogen) atoms. The summed E-state index contributed by atoms with van der Waals surface area (Å²) in [7, 11) is 0. The summed E-state index contributed by atoms with van der Waals surface area (Å²) in [6.45, 7) is 0. The normalized spacial score (nSPS) is 12.9. The van der Waals surface area contributed by atoms with Crippen molar-refractivity contribution in [3.05, 3.63) is 33.2 Å². The monoisotopic (exact) mass is 321 g/mol. The average molecular weight is 322 g/mol. The molecule has 1 atom stereocenters.